The minimum atomic E-state index is -1.09. The van der Waals surface area contributed by atoms with Gasteiger partial charge in [0, 0.05) is 11.8 Å². The largest absolute Gasteiger partial charge is 1.00 e. The Morgan fingerprint density at radius 3 is 1.93 bits per heavy atom. The van der Waals surface area contributed by atoms with Gasteiger partial charge in [-0.1, -0.05) is 78.9 Å². The molecule has 0 aliphatic rings. The van der Waals surface area contributed by atoms with Crippen molar-refractivity contribution in [3.8, 4) is 22.5 Å². The van der Waals surface area contributed by atoms with Gasteiger partial charge in [0.25, 0.3) is 0 Å². The van der Waals surface area contributed by atoms with E-state index in [-0.39, 0.29) is 17.1 Å². The molecule has 198 valence electrons. The van der Waals surface area contributed by atoms with Crippen LogP contribution in [0.5, 0.6) is 0 Å². The molecule has 0 bridgehead atoms. The van der Waals surface area contributed by atoms with Crippen LogP contribution < -0.4 is 20.9 Å². The van der Waals surface area contributed by atoms with Crippen LogP contribution in [0.3, 0.4) is 0 Å². The van der Waals surface area contributed by atoms with Crippen LogP contribution in [0.2, 0.25) is 0 Å². The van der Waals surface area contributed by atoms with Crippen LogP contribution in [0.4, 0.5) is 0 Å². The second-order valence-corrected chi connectivity index (χ2v) is 11.4. The topological polar surface area (TPSA) is 55.7 Å². The van der Waals surface area contributed by atoms with Gasteiger partial charge >= 0.3 is 17.1 Å². The Morgan fingerprint density at radius 1 is 0.575 bits per heavy atom. The van der Waals surface area contributed by atoms with E-state index in [1.165, 1.54) is 21.5 Å². The van der Waals surface area contributed by atoms with E-state index >= 15 is 0 Å². The molecule has 4 aromatic carbocycles. The molecule has 0 unspecified atom stereocenters. The van der Waals surface area contributed by atoms with Crippen molar-refractivity contribution in [2.45, 2.75) is 0 Å². The number of fused-ring (bicyclic) bond motifs is 1. The Hall–Kier alpha value is -4.27. The van der Waals surface area contributed by atoms with Crippen molar-refractivity contribution >= 4 is 34.9 Å². The Bertz CT molecular complexity index is 1710. The molecule has 6 heteroatoms. The van der Waals surface area contributed by atoms with Gasteiger partial charge in [-0.3, -0.25) is 4.98 Å². The molecule has 0 amide bonds. The van der Waals surface area contributed by atoms with Gasteiger partial charge in [-0.15, -0.1) is 5.69 Å². The molecule has 0 aliphatic carbocycles. The number of aromatic nitrogens is 4. The molecule has 4 nitrogen and oxygen atoms in total. The van der Waals surface area contributed by atoms with Gasteiger partial charge in [0.1, 0.15) is 15.9 Å². The molecular weight excluding hydrogens is 559 g/mol. The van der Waals surface area contributed by atoms with Crippen molar-refractivity contribution in [1.29, 1.82) is 0 Å². The molecule has 7 aromatic rings. The normalized spacial score (nSPS) is 10.5. The first-order valence-electron chi connectivity index (χ1n) is 12.9. The maximum absolute atomic E-state index is 4.60. The standard InChI is InChI=1S/C23H18NP.C11H8N3.Cu/c1-3-11-19(12-4-1)25(20-13-5-2-6-14-20)23-17-8-7-15-21(23)22-16-9-10-18-24-22;1-3-8(9-5-2-6-12-9)11-10(4-1)13-7-14-11;/h1-18H;1-7H,(H,13,14);/q;-1;+1/p+1. The van der Waals surface area contributed by atoms with Crippen LogP contribution in [-0.2, 0) is 17.1 Å². The van der Waals surface area contributed by atoms with E-state index in [0.29, 0.717) is 0 Å². The molecule has 3 heterocycles. The number of aromatic amines is 1. The molecule has 0 aliphatic heterocycles. The molecule has 0 saturated heterocycles. The van der Waals surface area contributed by atoms with Gasteiger partial charge in [-0.2, -0.15) is 6.20 Å². The van der Waals surface area contributed by atoms with Gasteiger partial charge in [0.15, 0.2) is 0 Å². The maximum Gasteiger partial charge on any atom is 1.00 e. The Kier molecular flexibility index (Phi) is 9.00. The number of nitrogens with zero attached hydrogens (tertiary/aromatic N) is 3. The number of imidazole rings is 1. The van der Waals surface area contributed by atoms with Crippen LogP contribution >= 0.6 is 7.92 Å². The van der Waals surface area contributed by atoms with Crippen molar-refractivity contribution < 1.29 is 17.1 Å². The van der Waals surface area contributed by atoms with Crippen LogP contribution in [0, 0.1) is 0 Å². The van der Waals surface area contributed by atoms with Crippen LogP contribution in [0.15, 0.2) is 152 Å². The average Bonchev–Trinajstić information content (AvgIpc) is 3.73. The zero-order valence-corrected chi connectivity index (χ0v) is 23.5. The summed E-state index contributed by atoms with van der Waals surface area (Å²) in [6, 6.07) is 46.4. The minimum absolute atomic E-state index is 0. The first-order valence-corrected chi connectivity index (χ1v) is 14.4. The summed E-state index contributed by atoms with van der Waals surface area (Å²) in [5.74, 6) is 0. The van der Waals surface area contributed by atoms with E-state index in [2.05, 4.69) is 117 Å². The molecule has 0 radical (unpaired) electrons. The first kappa shape index (κ1) is 27.3. The Balaban J connectivity index is 0.000000182. The summed E-state index contributed by atoms with van der Waals surface area (Å²) in [5.41, 5.74) is 6.34. The fourth-order valence-electron chi connectivity index (χ4n) is 4.77. The summed E-state index contributed by atoms with van der Waals surface area (Å²) in [4.78, 5) is 16.2. The molecule has 0 fully saturated rings. The molecule has 7 rings (SSSR count). The van der Waals surface area contributed by atoms with Gasteiger partial charge in [-0.25, -0.2) is 4.98 Å². The smallest absolute Gasteiger partial charge is 0.664 e. The van der Waals surface area contributed by atoms with E-state index in [0.717, 1.165) is 28.0 Å². The first-order chi connectivity index (χ1) is 19.4. The predicted octanol–water partition coefficient (Wildman–Crippen LogP) is 6.42. The number of rotatable bonds is 5. The van der Waals surface area contributed by atoms with Crippen LogP contribution in [0.1, 0.15) is 0 Å². The quantitative estimate of drug-likeness (QED) is 0.187. The molecule has 0 atom stereocenters. The second kappa shape index (κ2) is 13.2. The number of benzene rings is 4. The maximum atomic E-state index is 4.60. The Labute approximate surface area is 245 Å². The number of para-hydroxylation sites is 1. The number of pyridine rings is 1. The van der Waals surface area contributed by atoms with Crippen molar-refractivity contribution in [3.05, 3.63) is 152 Å². The second-order valence-electron chi connectivity index (χ2n) is 8.99. The van der Waals surface area contributed by atoms with Gasteiger partial charge in [-0.05, 0) is 60.2 Å². The third-order valence-electron chi connectivity index (χ3n) is 6.54. The SMILES string of the molecule is [Cu+].c1c[n-]c(-c2cccc3[nH]cnc23)c1.c1ccc([PH+](c2ccccc2)c2ccccc2-c2ccccn2)cc1. The Morgan fingerprint density at radius 2 is 1.25 bits per heavy atom. The predicted molar refractivity (Wildman–Crippen MR) is 165 cm³/mol. The zero-order valence-electron chi connectivity index (χ0n) is 21.6. The average molecular weight is 586 g/mol. The van der Waals surface area contributed by atoms with E-state index in [1.807, 2.05) is 42.6 Å². The van der Waals surface area contributed by atoms with Crippen LogP contribution in [-0.4, -0.2) is 15.0 Å². The van der Waals surface area contributed by atoms with E-state index in [9.17, 15) is 0 Å². The summed E-state index contributed by atoms with van der Waals surface area (Å²) in [6.07, 6.45) is 5.36. The van der Waals surface area contributed by atoms with Crippen molar-refractivity contribution in [3.63, 3.8) is 0 Å². The van der Waals surface area contributed by atoms with Crippen molar-refractivity contribution in [2.75, 3.05) is 0 Å². The van der Waals surface area contributed by atoms with Crippen LogP contribution in [0.25, 0.3) is 33.5 Å². The number of nitrogens with one attached hydrogen (secondary N) is 1. The van der Waals surface area contributed by atoms with Gasteiger partial charge < -0.3 is 9.97 Å². The number of hydrogen-bond acceptors (Lipinski definition) is 2. The van der Waals surface area contributed by atoms with E-state index in [4.69, 9.17) is 0 Å². The van der Waals surface area contributed by atoms with Gasteiger partial charge in [0.05, 0.1) is 31.0 Å². The summed E-state index contributed by atoms with van der Waals surface area (Å²) in [7, 11) is -1.09. The molecule has 40 heavy (non-hydrogen) atoms. The molecular formula is C34H27CuN4P+. The summed E-state index contributed by atoms with van der Waals surface area (Å²) >= 11 is 0. The molecule has 0 spiro atoms. The third-order valence-corrected chi connectivity index (χ3v) is 9.34. The molecule has 0 saturated carbocycles. The minimum Gasteiger partial charge on any atom is -0.664 e. The van der Waals surface area contributed by atoms with E-state index in [1.54, 1.807) is 12.5 Å². The fourth-order valence-corrected chi connectivity index (χ4v) is 7.52. The van der Waals surface area contributed by atoms with Crippen molar-refractivity contribution in [2.24, 2.45) is 0 Å². The summed E-state index contributed by atoms with van der Waals surface area (Å²) in [5, 5.41) is 4.16. The zero-order chi connectivity index (χ0) is 26.3. The summed E-state index contributed by atoms with van der Waals surface area (Å²) in [6.45, 7) is 0. The third kappa shape index (κ3) is 5.98. The number of H-pyrrole nitrogens is 1. The fraction of sp³-hybridized carbons (Fsp3) is 0. The van der Waals surface area contributed by atoms with Gasteiger partial charge in [0.2, 0.25) is 0 Å². The molecule has 1 N–H and O–H groups in total. The molecule has 3 aromatic heterocycles. The number of hydrogen-bond donors (Lipinski definition) is 1. The van der Waals surface area contributed by atoms with Crippen molar-refractivity contribution in [1.82, 2.24) is 19.9 Å². The summed E-state index contributed by atoms with van der Waals surface area (Å²) < 4.78 is 0. The monoisotopic (exact) mass is 585 g/mol. The van der Waals surface area contributed by atoms with E-state index < -0.39 is 7.92 Å².